The first-order chi connectivity index (χ1) is 9.50. The summed E-state index contributed by atoms with van der Waals surface area (Å²) in [5.41, 5.74) is 7.06. The number of nitrogens with one attached hydrogen (secondary N) is 1. The van der Waals surface area contributed by atoms with Gasteiger partial charge in [-0.3, -0.25) is 19.3 Å². The lowest BCUT2D eigenvalue weighted by Gasteiger charge is -2.29. The van der Waals surface area contributed by atoms with Crippen molar-refractivity contribution in [2.24, 2.45) is 0 Å². The second kappa shape index (κ2) is 4.19. The van der Waals surface area contributed by atoms with Gasteiger partial charge < -0.3 is 11.1 Å². The third-order valence-electron chi connectivity index (χ3n) is 3.61. The minimum Gasteiger partial charge on any atom is -0.398 e. The van der Waals surface area contributed by atoms with Gasteiger partial charge in [0.05, 0.1) is 11.1 Å². The van der Waals surface area contributed by atoms with E-state index in [9.17, 15) is 14.4 Å². The SMILES string of the molecule is C=C1CCC(N2C(=O)c3cccc(N)c3C2=O)C(=O)N1. The number of rotatable bonds is 1. The van der Waals surface area contributed by atoms with Gasteiger partial charge in [-0.25, -0.2) is 0 Å². The van der Waals surface area contributed by atoms with Gasteiger partial charge in [-0.2, -0.15) is 0 Å². The van der Waals surface area contributed by atoms with Crippen LogP contribution in [0, 0.1) is 0 Å². The molecule has 2 heterocycles. The molecule has 1 aromatic rings. The molecule has 1 fully saturated rings. The Morgan fingerprint density at radius 3 is 2.65 bits per heavy atom. The van der Waals surface area contributed by atoms with Crippen LogP contribution in [0.25, 0.3) is 0 Å². The third-order valence-corrected chi connectivity index (χ3v) is 3.61. The average Bonchev–Trinajstić information content (AvgIpc) is 2.64. The number of carbonyl (C=O) groups is 3. The van der Waals surface area contributed by atoms with Crippen LogP contribution in [0.4, 0.5) is 5.69 Å². The Morgan fingerprint density at radius 2 is 2.00 bits per heavy atom. The molecule has 3 amide bonds. The van der Waals surface area contributed by atoms with E-state index in [1.165, 1.54) is 0 Å². The standard InChI is InChI=1S/C14H13N3O3/c1-7-5-6-10(12(18)16-7)17-13(19)8-3-2-4-9(15)11(8)14(17)20/h2-4,10H,1,5-6,15H2,(H,16,18). The van der Waals surface area contributed by atoms with Crippen LogP contribution in [0.3, 0.4) is 0 Å². The number of amides is 3. The quantitative estimate of drug-likeness (QED) is 0.579. The summed E-state index contributed by atoms with van der Waals surface area (Å²) >= 11 is 0. The fourth-order valence-corrected chi connectivity index (χ4v) is 2.62. The zero-order valence-corrected chi connectivity index (χ0v) is 10.7. The number of nitrogen functional groups attached to an aromatic ring is 1. The Hall–Kier alpha value is -2.63. The van der Waals surface area contributed by atoms with Gasteiger partial charge in [0.2, 0.25) is 5.91 Å². The summed E-state index contributed by atoms with van der Waals surface area (Å²) in [4.78, 5) is 37.7. The summed E-state index contributed by atoms with van der Waals surface area (Å²) in [6.45, 7) is 3.68. The first-order valence-electron chi connectivity index (χ1n) is 6.25. The summed E-state index contributed by atoms with van der Waals surface area (Å²) in [7, 11) is 0. The van der Waals surface area contributed by atoms with Crippen LogP contribution in [-0.4, -0.2) is 28.7 Å². The molecule has 0 aromatic heterocycles. The molecule has 1 saturated heterocycles. The van der Waals surface area contributed by atoms with Gasteiger partial charge >= 0.3 is 0 Å². The van der Waals surface area contributed by atoms with Crippen LogP contribution in [0.2, 0.25) is 0 Å². The number of piperidine rings is 1. The highest BCUT2D eigenvalue weighted by Crippen LogP contribution is 2.31. The van der Waals surface area contributed by atoms with Gasteiger partial charge in [-0.1, -0.05) is 12.6 Å². The summed E-state index contributed by atoms with van der Waals surface area (Å²) in [6.07, 6.45) is 0.926. The summed E-state index contributed by atoms with van der Waals surface area (Å²) in [6, 6.07) is 3.93. The molecular formula is C14H13N3O3. The minimum atomic E-state index is -0.799. The molecule has 0 radical (unpaired) electrons. The zero-order valence-electron chi connectivity index (χ0n) is 10.7. The highest BCUT2D eigenvalue weighted by molar-refractivity contribution is 6.25. The lowest BCUT2D eigenvalue weighted by Crippen LogP contribution is -2.51. The molecule has 6 nitrogen and oxygen atoms in total. The number of carbonyl (C=O) groups excluding carboxylic acids is 3. The van der Waals surface area contributed by atoms with Crippen LogP contribution in [-0.2, 0) is 4.79 Å². The van der Waals surface area contributed by atoms with E-state index >= 15 is 0 Å². The highest BCUT2D eigenvalue weighted by Gasteiger charge is 2.44. The van der Waals surface area contributed by atoms with E-state index in [0.717, 1.165) is 4.90 Å². The fraction of sp³-hybridized carbons (Fsp3) is 0.214. The molecule has 20 heavy (non-hydrogen) atoms. The number of fused-ring (bicyclic) bond motifs is 1. The third kappa shape index (κ3) is 1.61. The predicted molar refractivity (Wildman–Crippen MR) is 71.7 cm³/mol. The second-order valence-corrected chi connectivity index (χ2v) is 4.90. The van der Waals surface area contributed by atoms with Crippen molar-refractivity contribution in [1.82, 2.24) is 10.2 Å². The van der Waals surface area contributed by atoms with Crippen LogP contribution in [0.15, 0.2) is 30.5 Å². The van der Waals surface area contributed by atoms with E-state index in [2.05, 4.69) is 11.9 Å². The lowest BCUT2D eigenvalue weighted by atomic mass is 10.0. The van der Waals surface area contributed by atoms with E-state index in [1.54, 1.807) is 18.2 Å². The van der Waals surface area contributed by atoms with Crippen molar-refractivity contribution >= 4 is 23.4 Å². The van der Waals surface area contributed by atoms with E-state index in [-0.39, 0.29) is 22.7 Å². The van der Waals surface area contributed by atoms with Gasteiger partial charge in [0, 0.05) is 11.4 Å². The second-order valence-electron chi connectivity index (χ2n) is 4.90. The first-order valence-corrected chi connectivity index (χ1v) is 6.25. The molecule has 3 rings (SSSR count). The van der Waals surface area contributed by atoms with Crippen molar-refractivity contribution in [2.75, 3.05) is 5.73 Å². The maximum absolute atomic E-state index is 12.4. The average molecular weight is 271 g/mol. The van der Waals surface area contributed by atoms with Crippen molar-refractivity contribution in [2.45, 2.75) is 18.9 Å². The fourth-order valence-electron chi connectivity index (χ4n) is 2.62. The minimum absolute atomic E-state index is 0.190. The summed E-state index contributed by atoms with van der Waals surface area (Å²) < 4.78 is 0. The molecule has 1 unspecified atom stereocenters. The number of nitrogens with two attached hydrogens (primary N) is 1. The number of imide groups is 1. The Balaban J connectivity index is 2.00. The highest BCUT2D eigenvalue weighted by atomic mass is 16.2. The van der Waals surface area contributed by atoms with Crippen LogP contribution in [0.1, 0.15) is 33.6 Å². The summed E-state index contributed by atoms with van der Waals surface area (Å²) in [5.74, 6) is -1.35. The molecule has 2 aliphatic rings. The molecule has 0 bridgehead atoms. The number of benzene rings is 1. The van der Waals surface area contributed by atoms with Crippen molar-refractivity contribution in [3.8, 4) is 0 Å². The van der Waals surface area contributed by atoms with Gasteiger partial charge in [-0.05, 0) is 25.0 Å². The van der Waals surface area contributed by atoms with E-state index in [4.69, 9.17) is 5.73 Å². The summed E-state index contributed by atoms with van der Waals surface area (Å²) in [5, 5.41) is 2.58. The number of hydrogen-bond acceptors (Lipinski definition) is 4. The number of hydrogen-bond donors (Lipinski definition) is 2. The molecule has 3 N–H and O–H groups in total. The van der Waals surface area contributed by atoms with E-state index < -0.39 is 17.9 Å². The molecule has 1 aromatic carbocycles. The first kappa shape index (κ1) is 12.4. The normalized spacial score (nSPS) is 22.0. The smallest absolute Gasteiger partial charge is 0.264 e. The number of allylic oxidation sites excluding steroid dienone is 1. The van der Waals surface area contributed by atoms with Gasteiger partial charge in [-0.15, -0.1) is 0 Å². The molecule has 2 aliphatic heterocycles. The predicted octanol–water partition coefficient (Wildman–Crippen LogP) is 0.657. The maximum Gasteiger partial charge on any atom is 0.264 e. The van der Waals surface area contributed by atoms with Gasteiger partial charge in [0.15, 0.2) is 0 Å². The number of nitrogens with zero attached hydrogens (tertiary/aromatic N) is 1. The molecule has 102 valence electrons. The van der Waals surface area contributed by atoms with Crippen LogP contribution in [0.5, 0.6) is 0 Å². The number of anilines is 1. The maximum atomic E-state index is 12.4. The lowest BCUT2D eigenvalue weighted by molar-refractivity contribution is -0.125. The molecule has 6 heteroatoms. The van der Waals surface area contributed by atoms with E-state index in [1.807, 2.05) is 0 Å². The Bertz CT molecular complexity index is 666. The molecule has 0 saturated carbocycles. The van der Waals surface area contributed by atoms with Crippen LogP contribution >= 0.6 is 0 Å². The Morgan fingerprint density at radius 1 is 1.25 bits per heavy atom. The van der Waals surface area contributed by atoms with Crippen molar-refractivity contribution in [3.05, 3.63) is 41.6 Å². The van der Waals surface area contributed by atoms with Gasteiger partial charge in [0.1, 0.15) is 6.04 Å². The van der Waals surface area contributed by atoms with E-state index in [0.29, 0.717) is 18.5 Å². The monoisotopic (exact) mass is 271 g/mol. The Kier molecular flexibility index (Phi) is 2.60. The molecular weight excluding hydrogens is 258 g/mol. The Labute approximate surface area is 115 Å². The molecule has 0 aliphatic carbocycles. The van der Waals surface area contributed by atoms with Crippen LogP contribution < -0.4 is 11.1 Å². The van der Waals surface area contributed by atoms with Crippen molar-refractivity contribution in [3.63, 3.8) is 0 Å². The molecule has 0 spiro atoms. The largest absolute Gasteiger partial charge is 0.398 e. The topological polar surface area (TPSA) is 92.5 Å². The molecule has 1 atom stereocenters. The van der Waals surface area contributed by atoms with Crippen molar-refractivity contribution < 1.29 is 14.4 Å². The zero-order chi connectivity index (χ0) is 14.4. The van der Waals surface area contributed by atoms with Crippen molar-refractivity contribution in [1.29, 1.82) is 0 Å². The van der Waals surface area contributed by atoms with Gasteiger partial charge in [0.25, 0.3) is 11.8 Å².